The Kier molecular flexibility index (Phi) is 5.70. The Labute approximate surface area is 153 Å². The molecule has 0 unspecified atom stereocenters. The molecule has 0 bridgehead atoms. The summed E-state index contributed by atoms with van der Waals surface area (Å²) in [4.78, 5) is 20.1. The summed E-state index contributed by atoms with van der Waals surface area (Å²) in [5, 5.41) is 6.55. The maximum Gasteiger partial charge on any atom is 0.194 e. The molecule has 0 radical (unpaired) electrons. The molecular weight excluding hydrogens is 334 g/mol. The van der Waals surface area contributed by atoms with Crippen LogP contribution >= 0.6 is 11.3 Å². The molecular formula is C17H25N7S. The van der Waals surface area contributed by atoms with Gasteiger partial charge in [-0.3, -0.25) is 4.99 Å². The molecule has 3 heterocycles. The van der Waals surface area contributed by atoms with E-state index in [1.807, 2.05) is 44.4 Å². The lowest BCUT2D eigenvalue weighted by Crippen LogP contribution is -2.52. The van der Waals surface area contributed by atoms with Crippen molar-refractivity contribution < 1.29 is 0 Å². The summed E-state index contributed by atoms with van der Waals surface area (Å²) in [5.41, 5.74) is 1.04. The molecule has 2 aromatic heterocycles. The number of hydrogen-bond donors (Lipinski definition) is 1. The first-order chi connectivity index (χ1) is 12.2. The van der Waals surface area contributed by atoms with Gasteiger partial charge in [0.1, 0.15) is 5.82 Å². The number of anilines is 2. The smallest absolute Gasteiger partial charge is 0.194 e. The van der Waals surface area contributed by atoms with E-state index in [4.69, 9.17) is 0 Å². The van der Waals surface area contributed by atoms with Crippen LogP contribution in [0, 0.1) is 0 Å². The van der Waals surface area contributed by atoms with E-state index in [0.29, 0.717) is 6.54 Å². The van der Waals surface area contributed by atoms with Crippen LogP contribution in [0.2, 0.25) is 0 Å². The monoisotopic (exact) mass is 359 g/mol. The lowest BCUT2D eigenvalue weighted by atomic mass is 10.3. The first kappa shape index (κ1) is 17.5. The van der Waals surface area contributed by atoms with Gasteiger partial charge in [-0.2, -0.15) is 0 Å². The number of aliphatic imine (C=N–C) groups is 1. The molecule has 8 heteroatoms. The molecule has 0 amide bonds. The number of aromatic nitrogens is 2. The Morgan fingerprint density at radius 1 is 1.28 bits per heavy atom. The number of pyridine rings is 1. The fourth-order valence-electron chi connectivity index (χ4n) is 2.77. The van der Waals surface area contributed by atoms with Crippen LogP contribution < -0.4 is 15.1 Å². The van der Waals surface area contributed by atoms with Gasteiger partial charge in [0.25, 0.3) is 0 Å². The second kappa shape index (κ2) is 8.15. The van der Waals surface area contributed by atoms with E-state index in [0.717, 1.165) is 48.8 Å². The highest BCUT2D eigenvalue weighted by Gasteiger charge is 2.20. The van der Waals surface area contributed by atoms with Gasteiger partial charge in [-0.05, 0) is 12.1 Å². The van der Waals surface area contributed by atoms with E-state index in [-0.39, 0.29) is 0 Å². The molecule has 0 atom stereocenters. The van der Waals surface area contributed by atoms with Gasteiger partial charge in [0.2, 0.25) is 0 Å². The van der Waals surface area contributed by atoms with Crippen LogP contribution in [-0.4, -0.2) is 68.1 Å². The van der Waals surface area contributed by atoms with Crippen molar-refractivity contribution in [3.05, 3.63) is 35.5 Å². The van der Waals surface area contributed by atoms with E-state index < -0.39 is 0 Å². The molecule has 0 aliphatic carbocycles. The Morgan fingerprint density at radius 3 is 2.68 bits per heavy atom. The number of thiazole rings is 1. The predicted octanol–water partition coefficient (Wildman–Crippen LogP) is 1.50. The molecule has 134 valence electrons. The van der Waals surface area contributed by atoms with E-state index in [9.17, 15) is 0 Å². The zero-order valence-corrected chi connectivity index (χ0v) is 15.8. The summed E-state index contributed by atoms with van der Waals surface area (Å²) >= 11 is 1.66. The van der Waals surface area contributed by atoms with E-state index >= 15 is 0 Å². The van der Waals surface area contributed by atoms with Gasteiger partial charge >= 0.3 is 0 Å². The van der Waals surface area contributed by atoms with E-state index in [1.165, 1.54) is 0 Å². The minimum absolute atomic E-state index is 0.692. The van der Waals surface area contributed by atoms with Gasteiger partial charge in [-0.1, -0.05) is 6.07 Å². The maximum atomic E-state index is 4.60. The number of guanidine groups is 1. The molecule has 1 aliphatic heterocycles. The van der Waals surface area contributed by atoms with Gasteiger partial charge in [0.05, 0.1) is 12.2 Å². The Bertz CT molecular complexity index is 690. The normalized spacial score (nSPS) is 15.4. The standard InChI is InChI=1S/C17H25N7S/c1-18-16(20-12-14-13-25-17(21-14)22(2)3)24-10-8-23(9-11-24)15-6-4-5-7-19-15/h4-7,13H,8-12H2,1-3H3,(H,18,20). The van der Waals surface area contributed by atoms with Crippen LogP contribution in [-0.2, 0) is 6.54 Å². The van der Waals surface area contributed by atoms with Crippen LogP contribution in [0.15, 0.2) is 34.8 Å². The van der Waals surface area contributed by atoms with Crippen LogP contribution in [0.4, 0.5) is 10.9 Å². The number of nitrogens with zero attached hydrogens (tertiary/aromatic N) is 6. The van der Waals surface area contributed by atoms with Gasteiger partial charge in [-0.25, -0.2) is 9.97 Å². The SMILES string of the molecule is CN=C(NCc1csc(N(C)C)n1)N1CCN(c2ccccn2)CC1. The fourth-order valence-corrected chi connectivity index (χ4v) is 3.53. The van der Waals surface area contributed by atoms with Crippen molar-refractivity contribution in [2.45, 2.75) is 6.54 Å². The molecule has 7 nitrogen and oxygen atoms in total. The van der Waals surface area contributed by atoms with Gasteiger partial charge in [-0.15, -0.1) is 11.3 Å². The van der Waals surface area contributed by atoms with E-state index in [1.54, 1.807) is 11.3 Å². The Hall–Kier alpha value is -2.35. The molecule has 1 N–H and O–H groups in total. The van der Waals surface area contributed by atoms with Crippen molar-refractivity contribution in [3.63, 3.8) is 0 Å². The summed E-state index contributed by atoms with van der Waals surface area (Å²) in [7, 11) is 5.85. The summed E-state index contributed by atoms with van der Waals surface area (Å²) < 4.78 is 0. The number of rotatable bonds is 4. The largest absolute Gasteiger partial charge is 0.354 e. The van der Waals surface area contributed by atoms with Gasteiger partial charge in [0, 0.05) is 58.9 Å². The van der Waals surface area contributed by atoms with Crippen LogP contribution in [0.1, 0.15) is 5.69 Å². The van der Waals surface area contributed by atoms with Crippen molar-refractivity contribution in [3.8, 4) is 0 Å². The Balaban J connectivity index is 1.52. The summed E-state index contributed by atoms with van der Waals surface area (Å²) in [6.45, 7) is 4.43. The first-order valence-electron chi connectivity index (χ1n) is 8.40. The molecule has 3 rings (SSSR count). The van der Waals surface area contributed by atoms with Crippen molar-refractivity contribution >= 4 is 28.2 Å². The minimum Gasteiger partial charge on any atom is -0.354 e. The highest BCUT2D eigenvalue weighted by Crippen LogP contribution is 2.18. The predicted molar refractivity (Wildman–Crippen MR) is 105 cm³/mol. The lowest BCUT2D eigenvalue weighted by Gasteiger charge is -2.37. The Morgan fingerprint density at radius 2 is 2.08 bits per heavy atom. The number of nitrogens with one attached hydrogen (secondary N) is 1. The highest BCUT2D eigenvalue weighted by atomic mass is 32.1. The minimum atomic E-state index is 0.692. The molecule has 1 aliphatic rings. The van der Waals surface area contributed by atoms with Gasteiger partial charge < -0.3 is 20.0 Å². The molecule has 0 aromatic carbocycles. The van der Waals surface area contributed by atoms with Gasteiger partial charge in [0.15, 0.2) is 11.1 Å². The molecule has 0 spiro atoms. The molecule has 25 heavy (non-hydrogen) atoms. The summed E-state index contributed by atoms with van der Waals surface area (Å²) in [6, 6.07) is 6.05. The molecule has 1 saturated heterocycles. The molecule has 2 aromatic rings. The van der Waals surface area contributed by atoms with Crippen LogP contribution in [0.25, 0.3) is 0 Å². The average molecular weight is 360 g/mol. The third-order valence-electron chi connectivity index (χ3n) is 4.11. The quantitative estimate of drug-likeness (QED) is 0.659. The van der Waals surface area contributed by atoms with Crippen molar-refractivity contribution in [2.75, 3.05) is 57.1 Å². The zero-order chi connectivity index (χ0) is 17.6. The maximum absolute atomic E-state index is 4.60. The third kappa shape index (κ3) is 4.39. The lowest BCUT2D eigenvalue weighted by molar-refractivity contribution is 0.371. The number of piperazine rings is 1. The fraction of sp³-hybridized carbons (Fsp3) is 0.471. The van der Waals surface area contributed by atoms with Crippen LogP contribution in [0.3, 0.4) is 0 Å². The number of hydrogen-bond acceptors (Lipinski definition) is 6. The van der Waals surface area contributed by atoms with Crippen molar-refractivity contribution in [1.29, 1.82) is 0 Å². The second-order valence-electron chi connectivity index (χ2n) is 6.08. The summed E-state index contributed by atoms with van der Waals surface area (Å²) in [5.74, 6) is 1.98. The van der Waals surface area contributed by atoms with Crippen molar-refractivity contribution in [2.24, 2.45) is 4.99 Å². The van der Waals surface area contributed by atoms with Crippen LogP contribution in [0.5, 0.6) is 0 Å². The first-order valence-corrected chi connectivity index (χ1v) is 9.28. The van der Waals surface area contributed by atoms with E-state index in [2.05, 4.69) is 41.5 Å². The highest BCUT2D eigenvalue weighted by molar-refractivity contribution is 7.13. The average Bonchev–Trinajstić information content (AvgIpc) is 3.13. The third-order valence-corrected chi connectivity index (χ3v) is 5.17. The molecule has 1 fully saturated rings. The zero-order valence-electron chi connectivity index (χ0n) is 15.0. The van der Waals surface area contributed by atoms with Crippen molar-refractivity contribution in [1.82, 2.24) is 20.2 Å². The molecule has 0 saturated carbocycles. The summed E-state index contributed by atoms with van der Waals surface area (Å²) in [6.07, 6.45) is 1.85. The topological polar surface area (TPSA) is 59.9 Å². The second-order valence-corrected chi connectivity index (χ2v) is 6.92.